The number of halogens is 2. The highest BCUT2D eigenvalue weighted by molar-refractivity contribution is 9.10. The summed E-state index contributed by atoms with van der Waals surface area (Å²) in [6.45, 7) is 0.877. The van der Waals surface area contributed by atoms with E-state index in [1.54, 1.807) is 0 Å². The number of hydrogen-bond donors (Lipinski definition) is 0. The maximum Gasteiger partial charge on any atom is 0.123 e. The monoisotopic (exact) mass is 346 g/mol. The van der Waals surface area contributed by atoms with Crippen LogP contribution in [-0.4, -0.2) is 6.61 Å². The van der Waals surface area contributed by atoms with Crippen LogP contribution >= 0.6 is 31.9 Å². The van der Waals surface area contributed by atoms with Crippen molar-refractivity contribution >= 4 is 31.9 Å². The van der Waals surface area contributed by atoms with Crippen LogP contribution in [0.1, 0.15) is 31.2 Å². The van der Waals surface area contributed by atoms with Gasteiger partial charge in [-0.1, -0.05) is 44.7 Å². The van der Waals surface area contributed by atoms with E-state index < -0.39 is 0 Å². The van der Waals surface area contributed by atoms with Crippen LogP contribution in [-0.2, 0) is 5.33 Å². The molecule has 0 amide bonds. The molecule has 2 rings (SSSR count). The Morgan fingerprint density at radius 1 is 1.25 bits per heavy atom. The molecule has 0 unspecified atom stereocenters. The fraction of sp³-hybridized carbons (Fsp3) is 0.538. The second-order valence-electron chi connectivity index (χ2n) is 4.35. The van der Waals surface area contributed by atoms with Crippen molar-refractivity contribution in [3.63, 3.8) is 0 Å². The lowest BCUT2D eigenvalue weighted by Gasteiger charge is -2.14. The van der Waals surface area contributed by atoms with E-state index in [2.05, 4.69) is 44.0 Å². The number of hydrogen-bond acceptors (Lipinski definition) is 1. The van der Waals surface area contributed by atoms with Crippen molar-refractivity contribution in [1.29, 1.82) is 0 Å². The number of alkyl halides is 1. The molecule has 0 atom stereocenters. The fourth-order valence-corrected chi connectivity index (χ4v) is 3.02. The standard InChI is InChI=1S/C13H16Br2O/c14-8-11-7-12(15)5-6-13(11)16-9-10-3-1-2-4-10/h5-7,10H,1-4,8-9H2. The Kier molecular flexibility index (Phi) is 4.71. The lowest BCUT2D eigenvalue weighted by molar-refractivity contribution is 0.250. The van der Waals surface area contributed by atoms with Crippen LogP contribution in [0, 0.1) is 5.92 Å². The maximum atomic E-state index is 5.92. The van der Waals surface area contributed by atoms with Gasteiger partial charge in [-0.3, -0.25) is 0 Å². The first-order valence-electron chi connectivity index (χ1n) is 5.77. The highest BCUT2D eigenvalue weighted by Gasteiger charge is 2.16. The van der Waals surface area contributed by atoms with Crippen LogP contribution in [0.3, 0.4) is 0 Å². The van der Waals surface area contributed by atoms with Crippen LogP contribution in [0.2, 0.25) is 0 Å². The number of ether oxygens (including phenoxy) is 1. The Morgan fingerprint density at radius 3 is 2.69 bits per heavy atom. The van der Waals surface area contributed by atoms with E-state index in [9.17, 15) is 0 Å². The third-order valence-electron chi connectivity index (χ3n) is 3.12. The fourth-order valence-electron chi connectivity index (χ4n) is 2.18. The van der Waals surface area contributed by atoms with Crippen molar-refractivity contribution < 1.29 is 4.74 Å². The Labute approximate surface area is 114 Å². The summed E-state index contributed by atoms with van der Waals surface area (Å²) in [7, 11) is 0. The van der Waals surface area contributed by atoms with Crippen LogP contribution in [0.25, 0.3) is 0 Å². The Hall–Kier alpha value is -0.0200. The second-order valence-corrected chi connectivity index (χ2v) is 5.82. The SMILES string of the molecule is BrCc1cc(Br)ccc1OCC1CCCC1. The zero-order valence-corrected chi connectivity index (χ0v) is 12.4. The molecule has 0 aromatic heterocycles. The van der Waals surface area contributed by atoms with Crippen molar-refractivity contribution in [1.82, 2.24) is 0 Å². The third-order valence-corrected chi connectivity index (χ3v) is 4.21. The van der Waals surface area contributed by atoms with Gasteiger partial charge in [-0.05, 0) is 37.0 Å². The first-order valence-corrected chi connectivity index (χ1v) is 7.68. The molecule has 0 radical (unpaired) electrons. The molecule has 0 N–H and O–H groups in total. The van der Waals surface area contributed by atoms with E-state index in [1.165, 1.54) is 31.2 Å². The molecular formula is C13H16Br2O. The molecular weight excluding hydrogens is 332 g/mol. The molecule has 1 nitrogen and oxygen atoms in total. The van der Waals surface area contributed by atoms with Crippen molar-refractivity contribution in [2.45, 2.75) is 31.0 Å². The van der Waals surface area contributed by atoms with Crippen molar-refractivity contribution in [3.05, 3.63) is 28.2 Å². The van der Waals surface area contributed by atoms with Gasteiger partial charge in [0.25, 0.3) is 0 Å². The summed E-state index contributed by atoms with van der Waals surface area (Å²) >= 11 is 6.97. The van der Waals surface area contributed by atoms with Gasteiger partial charge in [-0.15, -0.1) is 0 Å². The lowest BCUT2D eigenvalue weighted by atomic mass is 10.1. The molecule has 1 fully saturated rings. The van der Waals surface area contributed by atoms with E-state index >= 15 is 0 Å². The summed E-state index contributed by atoms with van der Waals surface area (Å²) in [5, 5.41) is 0.840. The predicted octanol–water partition coefficient (Wildman–Crippen LogP) is 4.91. The quantitative estimate of drug-likeness (QED) is 0.703. The predicted molar refractivity (Wildman–Crippen MR) is 74.2 cm³/mol. The highest BCUT2D eigenvalue weighted by atomic mass is 79.9. The van der Waals surface area contributed by atoms with E-state index in [0.717, 1.165) is 28.1 Å². The topological polar surface area (TPSA) is 9.23 Å². The normalized spacial score (nSPS) is 16.6. The molecule has 88 valence electrons. The minimum Gasteiger partial charge on any atom is -0.493 e. The van der Waals surface area contributed by atoms with Gasteiger partial charge in [0.2, 0.25) is 0 Å². The molecule has 0 aliphatic heterocycles. The molecule has 1 aromatic carbocycles. The third kappa shape index (κ3) is 3.24. The van der Waals surface area contributed by atoms with Crippen molar-refractivity contribution in [2.24, 2.45) is 5.92 Å². The van der Waals surface area contributed by atoms with Crippen LogP contribution in [0.4, 0.5) is 0 Å². The Morgan fingerprint density at radius 2 is 2.00 bits per heavy atom. The average molecular weight is 348 g/mol. The molecule has 1 aliphatic rings. The maximum absolute atomic E-state index is 5.92. The van der Waals surface area contributed by atoms with E-state index in [0.29, 0.717) is 0 Å². The van der Waals surface area contributed by atoms with Crippen LogP contribution in [0.15, 0.2) is 22.7 Å². The summed E-state index contributed by atoms with van der Waals surface area (Å²) in [6.07, 6.45) is 5.42. The van der Waals surface area contributed by atoms with Gasteiger partial charge in [0.05, 0.1) is 6.61 Å². The Balaban J connectivity index is 1.97. The first kappa shape index (κ1) is 12.4. The molecule has 0 spiro atoms. The van der Waals surface area contributed by atoms with E-state index in [1.807, 2.05) is 6.07 Å². The van der Waals surface area contributed by atoms with Gasteiger partial charge < -0.3 is 4.74 Å². The zero-order chi connectivity index (χ0) is 11.4. The summed E-state index contributed by atoms with van der Waals surface area (Å²) < 4.78 is 7.02. The Bertz CT molecular complexity index is 346. The summed E-state index contributed by atoms with van der Waals surface area (Å²) in [6, 6.07) is 6.20. The van der Waals surface area contributed by atoms with Gasteiger partial charge in [0.1, 0.15) is 5.75 Å². The summed E-state index contributed by atoms with van der Waals surface area (Å²) in [5.41, 5.74) is 1.22. The van der Waals surface area contributed by atoms with Crippen molar-refractivity contribution in [2.75, 3.05) is 6.61 Å². The molecule has 16 heavy (non-hydrogen) atoms. The molecule has 0 bridgehead atoms. The van der Waals surface area contributed by atoms with Crippen molar-refractivity contribution in [3.8, 4) is 5.75 Å². The molecule has 3 heteroatoms. The molecule has 1 saturated carbocycles. The minimum atomic E-state index is 0.770. The lowest BCUT2D eigenvalue weighted by Crippen LogP contribution is -2.08. The number of benzene rings is 1. The van der Waals surface area contributed by atoms with Gasteiger partial charge in [0, 0.05) is 15.4 Å². The van der Waals surface area contributed by atoms with E-state index in [4.69, 9.17) is 4.74 Å². The summed E-state index contributed by atoms with van der Waals surface area (Å²) in [4.78, 5) is 0. The molecule has 0 heterocycles. The van der Waals surface area contributed by atoms with Crippen LogP contribution in [0.5, 0.6) is 5.75 Å². The first-order chi connectivity index (χ1) is 7.79. The molecule has 1 aliphatic carbocycles. The van der Waals surface area contributed by atoms with Gasteiger partial charge >= 0.3 is 0 Å². The highest BCUT2D eigenvalue weighted by Crippen LogP contribution is 2.29. The van der Waals surface area contributed by atoms with Crippen LogP contribution < -0.4 is 4.74 Å². The van der Waals surface area contributed by atoms with Gasteiger partial charge in [-0.2, -0.15) is 0 Å². The molecule has 0 saturated heterocycles. The average Bonchev–Trinajstić information content (AvgIpc) is 2.80. The van der Waals surface area contributed by atoms with E-state index in [-0.39, 0.29) is 0 Å². The smallest absolute Gasteiger partial charge is 0.123 e. The number of rotatable bonds is 4. The zero-order valence-electron chi connectivity index (χ0n) is 9.22. The van der Waals surface area contributed by atoms with Gasteiger partial charge in [0.15, 0.2) is 0 Å². The summed E-state index contributed by atoms with van der Waals surface area (Å²) in [5.74, 6) is 1.79. The molecule has 1 aromatic rings. The minimum absolute atomic E-state index is 0.770. The second kappa shape index (κ2) is 6.06. The largest absolute Gasteiger partial charge is 0.493 e. The van der Waals surface area contributed by atoms with Gasteiger partial charge in [-0.25, -0.2) is 0 Å².